The Labute approximate surface area is 309 Å². The molecule has 0 bridgehead atoms. The molecule has 0 radical (unpaired) electrons. The maximum Gasteiger partial charge on any atom is 1.00 e. The van der Waals surface area contributed by atoms with Gasteiger partial charge in [0.1, 0.15) is 0 Å². The van der Waals surface area contributed by atoms with Crippen LogP contribution in [0.2, 0.25) is 0 Å². The van der Waals surface area contributed by atoms with E-state index >= 15 is 0 Å². The topological polar surface area (TPSA) is 185 Å². The van der Waals surface area contributed by atoms with E-state index in [2.05, 4.69) is 10.6 Å². The largest absolute Gasteiger partial charge is 1.00 e. The van der Waals surface area contributed by atoms with E-state index in [-0.39, 0.29) is 219 Å². The summed E-state index contributed by atoms with van der Waals surface area (Å²) in [6, 6.07) is -2.99. The van der Waals surface area contributed by atoms with Crippen molar-refractivity contribution in [1.82, 2.24) is 10.6 Å². The number of carboxylic acids is 4. The fourth-order valence-electron chi connectivity index (χ4n) is 1.30. The van der Waals surface area contributed by atoms with Crippen LogP contribution in [0.4, 0.5) is 0 Å². The minimum Gasteiger partial charge on any atom is -0.550 e. The van der Waals surface area contributed by atoms with Crippen molar-refractivity contribution in [3.63, 3.8) is 0 Å². The van der Waals surface area contributed by atoms with Crippen LogP contribution in [-0.4, -0.2) is 49.1 Å². The van der Waals surface area contributed by atoms with Crippen LogP contribution in [0.3, 0.4) is 0 Å². The average molecular weight is 445 g/mol. The van der Waals surface area contributed by atoms with Crippen LogP contribution in [0.25, 0.3) is 0 Å². The fourth-order valence-corrected chi connectivity index (χ4v) is 1.30. The Morgan fingerprint density at radius 1 is 0.625 bits per heavy atom. The van der Waals surface area contributed by atoms with E-state index in [4.69, 9.17) is 0 Å². The first-order chi connectivity index (χ1) is 9.23. The van der Waals surface area contributed by atoms with Crippen LogP contribution in [0, 0.1) is 0 Å². The number of carbonyl (C=O) groups is 4. The quantitative estimate of drug-likeness (QED) is 0.229. The summed E-state index contributed by atoms with van der Waals surface area (Å²) in [5.41, 5.74) is 0. The molecule has 0 amide bonds. The summed E-state index contributed by atoms with van der Waals surface area (Å²) in [6.45, 7) is -0.272. The number of rotatable bonds is 11. The molecule has 0 aliphatic carbocycles. The van der Waals surface area contributed by atoms with Gasteiger partial charge in [0, 0.05) is 37.9 Å². The van der Waals surface area contributed by atoms with E-state index in [1.807, 2.05) is 0 Å². The van der Waals surface area contributed by atoms with Gasteiger partial charge in [-0.15, -0.1) is 0 Å². The van der Waals surface area contributed by atoms with Gasteiger partial charge in [0.2, 0.25) is 0 Å². The molecule has 114 valence electrons. The van der Waals surface area contributed by atoms with E-state index < -0.39 is 48.8 Å². The maximum atomic E-state index is 10.5. The van der Waals surface area contributed by atoms with Gasteiger partial charge in [0.05, 0.1) is 24.0 Å². The average Bonchev–Trinajstić information content (AvgIpc) is 2.29. The number of aliphatic carboxylic acids is 4. The fraction of sp³-hybridized carbons (Fsp3) is 0.600. The Kier molecular flexibility index (Phi) is 38.3. The minimum atomic E-state index is -1.65. The first-order valence-corrected chi connectivity index (χ1v) is 5.52. The molecular formula is C10H12K4N2O8. The molecule has 0 spiro atoms. The molecule has 0 aliphatic rings. The molecule has 0 aromatic carbocycles. The Bertz CT molecular complexity index is 363. The SMILES string of the molecule is O=C([O-])C[C@H](NCCN[C@@H](CC(=O)[O-])C(=O)[O-])C(=O)[O-].[K+].[K+].[K+].[K+]. The number of hydrogen-bond acceptors (Lipinski definition) is 10. The molecule has 0 saturated carbocycles. The second kappa shape index (κ2) is 23.6. The van der Waals surface area contributed by atoms with Crippen LogP contribution in [-0.2, 0) is 19.2 Å². The van der Waals surface area contributed by atoms with Crippen molar-refractivity contribution in [2.24, 2.45) is 0 Å². The van der Waals surface area contributed by atoms with Crippen LogP contribution in [0.1, 0.15) is 12.8 Å². The second-order valence-electron chi connectivity index (χ2n) is 3.80. The molecule has 2 atom stereocenters. The first-order valence-electron chi connectivity index (χ1n) is 5.52. The van der Waals surface area contributed by atoms with E-state index in [0.29, 0.717) is 0 Å². The molecule has 0 aliphatic heterocycles. The summed E-state index contributed by atoms with van der Waals surface area (Å²) in [5.74, 6) is -6.49. The number of carbonyl (C=O) groups excluding carboxylic acids is 4. The molecule has 0 rings (SSSR count). The molecule has 0 heterocycles. The molecule has 2 N–H and O–H groups in total. The van der Waals surface area contributed by atoms with Crippen molar-refractivity contribution in [2.75, 3.05) is 13.1 Å². The third-order valence-electron chi connectivity index (χ3n) is 2.22. The van der Waals surface area contributed by atoms with Gasteiger partial charge in [-0.05, 0) is 0 Å². The van der Waals surface area contributed by atoms with Gasteiger partial charge in [-0.2, -0.15) is 0 Å². The van der Waals surface area contributed by atoms with Gasteiger partial charge in [0.15, 0.2) is 0 Å². The molecule has 10 nitrogen and oxygen atoms in total. The third-order valence-corrected chi connectivity index (χ3v) is 2.22. The minimum absolute atomic E-state index is 0. The normalized spacial score (nSPS) is 11.2. The summed E-state index contributed by atoms with van der Waals surface area (Å²) in [7, 11) is 0. The zero-order valence-corrected chi connectivity index (χ0v) is 26.7. The first kappa shape index (κ1) is 38.9. The van der Waals surface area contributed by atoms with Crippen molar-refractivity contribution in [3.8, 4) is 0 Å². The molecule has 0 saturated heterocycles. The van der Waals surface area contributed by atoms with E-state index in [0.717, 1.165) is 0 Å². The van der Waals surface area contributed by atoms with E-state index in [9.17, 15) is 39.6 Å². The molecule has 24 heavy (non-hydrogen) atoms. The van der Waals surface area contributed by atoms with Gasteiger partial charge in [-0.3, -0.25) is 0 Å². The zero-order valence-electron chi connectivity index (χ0n) is 14.2. The van der Waals surface area contributed by atoms with Crippen LogP contribution >= 0.6 is 0 Å². The molecule has 0 fully saturated rings. The van der Waals surface area contributed by atoms with Gasteiger partial charge in [-0.1, -0.05) is 0 Å². The number of hydrogen-bond donors (Lipinski definition) is 2. The van der Waals surface area contributed by atoms with Gasteiger partial charge >= 0.3 is 206 Å². The molecule has 0 aromatic heterocycles. The molecule has 0 unspecified atom stereocenters. The maximum absolute atomic E-state index is 10.5. The monoisotopic (exact) mass is 444 g/mol. The van der Waals surface area contributed by atoms with Crippen LogP contribution in [0.15, 0.2) is 0 Å². The van der Waals surface area contributed by atoms with Crippen LogP contribution in [0.5, 0.6) is 0 Å². The predicted molar refractivity (Wildman–Crippen MR) is 52.8 cm³/mol. The van der Waals surface area contributed by atoms with E-state index in [1.54, 1.807) is 0 Å². The Morgan fingerprint density at radius 2 is 0.875 bits per heavy atom. The molecule has 14 heteroatoms. The Morgan fingerprint density at radius 3 is 1.04 bits per heavy atom. The second-order valence-corrected chi connectivity index (χ2v) is 3.80. The van der Waals surface area contributed by atoms with Gasteiger partial charge < -0.3 is 50.2 Å². The molecular weight excluding hydrogens is 433 g/mol. The Balaban J connectivity index is -0.000000301. The number of carboxylic acid groups (broad SMARTS) is 4. The van der Waals surface area contributed by atoms with Crippen LogP contribution < -0.4 is 237 Å². The number of nitrogens with one attached hydrogen (secondary N) is 2. The van der Waals surface area contributed by atoms with Crippen molar-refractivity contribution < 1.29 is 245 Å². The van der Waals surface area contributed by atoms with Gasteiger partial charge in [0.25, 0.3) is 0 Å². The summed E-state index contributed by atoms with van der Waals surface area (Å²) < 4.78 is 0. The standard InChI is InChI=1S/C10H16N2O8.4K/c13-7(14)3-5(9(17)18)11-1-2-12-6(10(19)20)4-8(15)16;;;;/h5-6,11-12H,1-4H2,(H,13,14)(H,15,16)(H,17,18)(H,19,20);;;;/q;4*+1/p-4/t5-,6-;;;;/m0..../s1. The van der Waals surface area contributed by atoms with Crippen molar-refractivity contribution in [2.45, 2.75) is 24.9 Å². The van der Waals surface area contributed by atoms with Crippen molar-refractivity contribution in [3.05, 3.63) is 0 Å². The van der Waals surface area contributed by atoms with Gasteiger partial charge in [-0.25, -0.2) is 0 Å². The summed E-state index contributed by atoms with van der Waals surface area (Å²) in [4.78, 5) is 41.6. The predicted octanol–water partition coefficient (Wildman–Crippen LogP) is -19.3. The summed E-state index contributed by atoms with van der Waals surface area (Å²) in [5, 5.41) is 46.1. The smallest absolute Gasteiger partial charge is 0.550 e. The van der Waals surface area contributed by atoms with Crippen molar-refractivity contribution >= 4 is 23.9 Å². The summed E-state index contributed by atoms with van der Waals surface area (Å²) in [6.07, 6.45) is -1.63. The molecule has 0 aromatic rings. The third kappa shape index (κ3) is 22.6. The summed E-state index contributed by atoms with van der Waals surface area (Å²) >= 11 is 0. The van der Waals surface area contributed by atoms with Crippen molar-refractivity contribution in [1.29, 1.82) is 0 Å². The van der Waals surface area contributed by atoms with E-state index in [1.165, 1.54) is 0 Å². The Hall–Kier alpha value is 4.35. The zero-order chi connectivity index (χ0) is 15.7.